The average molecular weight is 267 g/mol. The normalized spacial score (nSPS) is 23.7. The maximum atomic E-state index is 11.3. The number of aliphatic hydroxyl groups excluding tert-OH is 1. The Bertz CT molecular complexity index is 463. The van der Waals surface area contributed by atoms with Crippen LogP contribution < -0.4 is 5.43 Å². The van der Waals surface area contributed by atoms with Gasteiger partial charge in [-0.25, -0.2) is 0 Å². The number of aliphatic hydroxyl groups is 1. The summed E-state index contributed by atoms with van der Waals surface area (Å²) in [4.78, 5) is 13.5. The molecule has 0 aromatic carbocycles. The minimum Gasteiger partial charge on any atom is -0.502 e. The molecule has 0 unspecified atom stereocenters. The summed E-state index contributed by atoms with van der Waals surface area (Å²) < 4.78 is 5.21. The van der Waals surface area contributed by atoms with Crippen LogP contribution in [0.4, 0.5) is 0 Å². The topological polar surface area (TPSA) is 73.9 Å². The Labute approximate surface area is 112 Å². The molecule has 19 heavy (non-hydrogen) atoms. The molecule has 1 aromatic rings. The number of hydrogen-bond acceptors (Lipinski definition) is 5. The van der Waals surface area contributed by atoms with Gasteiger partial charge in [-0.2, -0.15) is 0 Å². The van der Waals surface area contributed by atoms with E-state index in [4.69, 9.17) is 14.6 Å². The average Bonchev–Trinajstić information content (AvgIpc) is 2.43. The molecule has 106 valence electrons. The molecule has 1 saturated carbocycles. The minimum atomic E-state index is -0.404. The summed E-state index contributed by atoms with van der Waals surface area (Å²) in [7, 11) is 2.01. The SMILES string of the molecule is CN(Cc1cc(=O)c(O)co1)C1CCC(CO)CC1. The van der Waals surface area contributed by atoms with Gasteiger partial charge in [0.2, 0.25) is 5.43 Å². The molecule has 1 heterocycles. The number of rotatable bonds is 4. The van der Waals surface area contributed by atoms with Crippen LogP contribution in [-0.2, 0) is 6.54 Å². The second-order valence-corrected chi connectivity index (χ2v) is 5.37. The van der Waals surface area contributed by atoms with E-state index >= 15 is 0 Å². The third kappa shape index (κ3) is 3.58. The third-order valence-corrected chi connectivity index (χ3v) is 3.97. The van der Waals surface area contributed by atoms with Crippen LogP contribution in [0.15, 0.2) is 21.5 Å². The summed E-state index contributed by atoms with van der Waals surface area (Å²) in [6, 6.07) is 1.80. The Morgan fingerprint density at radius 1 is 1.37 bits per heavy atom. The summed E-state index contributed by atoms with van der Waals surface area (Å²) in [5, 5.41) is 18.3. The van der Waals surface area contributed by atoms with Crippen LogP contribution in [0.25, 0.3) is 0 Å². The predicted octanol–water partition coefficient (Wildman–Crippen LogP) is 1.33. The standard InChI is InChI=1S/C14H21NO4/c1-15(11-4-2-10(8-16)3-5-11)7-12-6-13(17)14(18)9-19-12/h6,9-11,16,18H,2-5,7-8H2,1H3. The van der Waals surface area contributed by atoms with Crippen molar-refractivity contribution >= 4 is 0 Å². The zero-order chi connectivity index (χ0) is 13.8. The zero-order valence-corrected chi connectivity index (χ0v) is 11.2. The summed E-state index contributed by atoms with van der Waals surface area (Å²) in [6.45, 7) is 0.841. The van der Waals surface area contributed by atoms with Crippen molar-refractivity contribution in [1.29, 1.82) is 0 Å². The van der Waals surface area contributed by atoms with E-state index in [-0.39, 0.29) is 12.4 Å². The lowest BCUT2D eigenvalue weighted by Gasteiger charge is -2.33. The first-order valence-corrected chi connectivity index (χ1v) is 6.72. The van der Waals surface area contributed by atoms with Gasteiger partial charge in [-0.3, -0.25) is 9.69 Å². The molecule has 0 atom stereocenters. The molecule has 0 amide bonds. The fraction of sp³-hybridized carbons (Fsp3) is 0.643. The van der Waals surface area contributed by atoms with Crippen molar-refractivity contribution in [3.8, 4) is 5.75 Å². The molecule has 5 nitrogen and oxygen atoms in total. The quantitative estimate of drug-likeness (QED) is 0.861. The maximum Gasteiger partial charge on any atom is 0.226 e. The Morgan fingerprint density at radius 2 is 2.05 bits per heavy atom. The first-order valence-electron chi connectivity index (χ1n) is 6.72. The fourth-order valence-corrected chi connectivity index (χ4v) is 2.67. The van der Waals surface area contributed by atoms with Crippen molar-refractivity contribution in [2.45, 2.75) is 38.3 Å². The summed E-state index contributed by atoms with van der Waals surface area (Å²) in [5.74, 6) is 0.653. The molecule has 1 aromatic heterocycles. The molecule has 1 fully saturated rings. The lowest BCUT2D eigenvalue weighted by atomic mass is 9.86. The molecule has 2 rings (SSSR count). The van der Waals surface area contributed by atoms with Gasteiger partial charge in [-0.05, 0) is 38.6 Å². The Balaban J connectivity index is 1.92. The van der Waals surface area contributed by atoms with Crippen molar-refractivity contribution in [1.82, 2.24) is 4.90 Å². The van der Waals surface area contributed by atoms with E-state index < -0.39 is 5.43 Å². The predicted molar refractivity (Wildman–Crippen MR) is 70.9 cm³/mol. The molecule has 5 heteroatoms. The van der Waals surface area contributed by atoms with Crippen LogP contribution in [0.5, 0.6) is 5.75 Å². The minimum absolute atomic E-state index is 0.281. The van der Waals surface area contributed by atoms with E-state index in [1.807, 2.05) is 7.05 Å². The van der Waals surface area contributed by atoms with Crippen LogP contribution in [0.2, 0.25) is 0 Å². The van der Waals surface area contributed by atoms with Gasteiger partial charge in [0.25, 0.3) is 0 Å². The van der Waals surface area contributed by atoms with Crippen molar-refractivity contribution < 1.29 is 14.6 Å². The van der Waals surface area contributed by atoms with Gasteiger partial charge >= 0.3 is 0 Å². The molecule has 1 aliphatic rings. The van der Waals surface area contributed by atoms with Gasteiger partial charge in [0, 0.05) is 18.7 Å². The van der Waals surface area contributed by atoms with Crippen LogP contribution in [0, 0.1) is 5.92 Å². The highest BCUT2D eigenvalue weighted by atomic mass is 16.4. The lowest BCUT2D eigenvalue weighted by Crippen LogP contribution is -2.35. The number of nitrogens with zero attached hydrogens (tertiary/aromatic N) is 1. The summed E-state index contributed by atoms with van der Waals surface area (Å²) in [6.07, 6.45) is 5.30. The third-order valence-electron chi connectivity index (χ3n) is 3.97. The fourth-order valence-electron chi connectivity index (χ4n) is 2.67. The summed E-state index contributed by atoms with van der Waals surface area (Å²) >= 11 is 0. The first-order chi connectivity index (χ1) is 9.10. The van der Waals surface area contributed by atoms with Crippen molar-refractivity contribution in [2.75, 3.05) is 13.7 Å². The molecule has 0 saturated heterocycles. The molecule has 1 aliphatic carbocycles. The lowest BCUT2D eigenvalue weighted by molar-refractivity contribution is 0.119. The molecule has 0 radical (unpaired) electrons. The second kappa shape index (κ2) is 6.21. The highest BCUT2D eigenvalue weighted by molar-refractivity contribution is 5.15. The van der Waals surface area contributed by atoms with E-state index in [0.29, 0.717) is 24.3 Å². The van der Waals surface area contributed by atoms with Crippen LogP contribution in [-0.4, -0.2) is 34.8 Å². The van der Waals surface area contributed by atoms with Gasteiger partial charge in [-0.15, -0.1) is 0 Å². The zero-order valence-electron chi connectivity index (χ0n) is 11.2. The van der Waals surface area contributed by atoms with Crippen molar-refractivity contribution in [2.24, 2.45) is 5.92 Å². The van der Waals surface area contributed by atoms with Gasteiger partial charge in [0.15, 0.2) is 5.75 Å². The van der Waals surface area contributed by atoms with Crippen molar-refractivity contribution in [3.05, 3.63) is 28.3 Å². The van der Waals surface area contributed by atoms with Crippen molar-refractivity contribution in [3.63, 3.8) is 0 Å². The van der Waals surface area contributed by atoms with Gasteiger partial charge < -0.3 is 14.6 Å². The van der Waals surface area contributed by atoms with Gasteiger partial charge in [0.1, 0.15) is 12.0 Å². The van der Waals surface area contributed by atoms with E-state index in [0.717, 1.165) is 31.9 Å². The number of aromatic hydroxyl groups is 1. The monoisotopic (exact) mass is 267 g/mol. The second-order valence-electron chi connectivity index (χ2n) is 5.37. The smallest absolute Gasteiger partial charge is 0.226 e. The molecule has 0 bridgehead atoms. The van der Waals surface area contributed by atoms with Crippen LogP contribution >= 0.6 is 0 Å². The highest BCUT2D eigenvalue weighted by Gasteiger charge is 2.23. The Hall–Kier alpha value is -1.33. The Kier molecular flexibility index (Phi) is 4.61. The number of hydrogen-bond donors (Lipinski definition) is 2. The van der Waals surface area contributed by atoms with Crippen LogP contribution in [0.1, 0.15) is 31.4 Å². The van der Waals surface area contributed by atoms with E-state index in [1.54, 1.807) is 0 Å². The Morgan fingerprint density at radius 3 is 2.63 bits per heavy atom. The molecule has 2 N–H and O–H groups in total. The van der Waals surface area contributed by atoms with Crippen LogP contribution in [0.3, 0.4) is 0 Å². The largest absolute Gasteiger partial charge is 0.502 e. The highest BCUT2D eigenvalue weighted by Crippen LogP contribution is 2.27. The molecular weight excluding hydrogens is 246 g/mol. The maximum absolute atomic E-state index is 11.3. The molecule has 0 spiro atoms. The van der Waals surface area contributed by atoms with E-state index in [1.165, 1.54) is 6.07 Å². The van der Waals surface area contributed by atoms with Gasteiger partial charge in [0.05, 0.1) is 6.54 Å². The van der Waals surface area contributed by atoms with E-state index in [2.05, 4.69) is 4.90 Å². The molecule has 0 aliphatic heterocycles. The molecular formula is C14H21NO4. The first kappa shape index (κ1) is 14.1. The van der Waals surface area contributed by atoms with E-state index in [9.17, 15) is 4.79 Å². The summed E-state index contributed by atoms with van der Waals surface area (Å²) in [5.41, 5.74) is -0.404. The van der Waals surface area contributed by atoms with Gasteiger partial charge in [-0.1, -0.05) is 0 Å².